The molecule has 2 heterocycles. The molecule has 0 fully saturated rings. The van der Waals surface area contributed by atoms with Crippen LogP contribution in [0.15, 0.2) is 60.1 Å². The number of aliphatic hydroxyl groups excluding tert-OH is 1. The number of benzene rings is 1. The number of hydrogen-bond acceptors (Lipinski definition) is 5. The Balaban J connectivity index is 2.21. The van der Waals surface area contributed by atoms with Gasteiger partial charge in [0.05, 0.1) is 17.3 Å². The first kappa shape index (κ1) is 16.7. The lowest BCUT2D eigenvalue weighted by Gasteiger charge is -2.27. The number of pyridine rings is 1. The van der Waals surface area contributed by atoms with Crippen molar-refractivity contribution in [2.24, 2.45) is 5.92 Å². The van der Waals surface area contributed by atoms with E-state index in [-0.39, 0.29) is 22.8 Å². The average Bonchev–Trinajstić information content (AvgIpc) is 2.87. The van der Waals surface area contributed by atoms with Gasteiger partial charge in [-0.3, -0.25) is 19.5 Å². The van der Waals surface area contributed by atoms with Crippen molar-refractivity contribution < 1.29 is 19.8 Å². The van der Waals surface area contributed by atoms with Crippen LogP contribution in [0.5, 0.6) is 5.75 Å². The van der Waals surface area contributed by atoms with Crippen LogP contribution in [0.2, 0.25) is 0 Å². The second-order valence-corrected chi connectivity index (χ2v) is 6.13. The van der Waals surface area contributed by atoms with Crippen LogP contribution in [0.1, 0.15) is 25.5 Å². The molecular weight excluding hydrogens is 320 g/mol. The maximum atomic E-state index is 12.7. The molecule has 1 aliphatic rings. The molecule has 1 unspecified atom stereocenters. The molecule has 0 saturated heterocycles. The Bertz CT molecular complexity index is 859. The first-order valence-electron chi connectivity index (χ1n) is 7.92. The second-order valence-electron chi connectivity index (χ2n) is 6.13. The summed E-state index contributed by atoms with van der Waals surface area (Å²) in [5.41, 5.74) is 0.890. The molecule has 2 N–H and O–H groups in total. The number of aliphatic hydroxyl groups is 1. The third-order valence-corrected chi connectivity index (χ3v) is 4.16. The number of aromatic nitrogens is 1. The van der Waals surface area contributed by atoms with E-state index in [1.54, 1.807) is 56.6 Å². The van der Waals surface area contributed by atoms with E-state index in [0.29, 0.717) is 5.56 Å². The largest absolute Gasteiger partial charge is 0.506 e. The van der Waals surface area contributed by atoms with Gasteiger partial charge in [0.1, 0.15) is 5.75 Å². The second kappa shape index (κ2) is 6.39. The Morgan fingerprint density at radius 1 is 1.12 bits per heavy atom. The van der Waals surface area contributed by atoms with E-state index in [4.69, 9.17) is 0 Å². The Labute approximate surface area is 145 Å². The van der Waals surface area contributed by atoms with Crippen LogP contribution >= 0.6 is 0 Å². The number of anilines is 1. The van der Waals surface area contributed by atoms with E-state index in [0.717, 1.165) is 0 Å². The molecule has 128 valence electrons. The standard InChI is InChI=1S/C19H18N2O4/c1-11(2)17(23)15-16(12-7-9-20-10-8-12)21(19(25)18(15)24)13-5-3-4-6-14(13)22/h3-11,16,22,24H,1-2H3. The minimum absolute atomic E-state index is 0.0365. The number of phenolic OH excluding ortho intramolecular Hbond substituents is 1. The molecule has 3 rings (SSSR count). The predicted octanol–water partition coefficient (Wildman–Crippen LogP) is 2.91. The fourth-order valence-electron chi connectivity index (χ4n) is 2.95. The van der Waals surface area contributed by atoms with Gasteiger partial charge in [0.25, 0.3) is 5.91 Å². The van der Waals surface area contributed by atoms with Gasteiger partial charge >= 0.3 is 0 Å². The normalized spacial score (nSPS) is 17.5. The molecule has 1 aliphatic heterocycles. The average molecular weight is 338 g/mol. The van der Waals surface area contributed by atoms with Gasteiger partial charge < -0.3 is 10.2 Å². The van der Waals surface area contributed by atoms with Gasteiger partial charge in [-0.1, -0.05) is 26.0 Å². The molecule has 0 saturated carbocycles. The lowest BCUT2D eigenvalue weighted by atomic mass is 9.91. The zero-order valence-corrected chi connectivity index (χ0v) is 13.9. The minimum atomic E-state index is -0.821. The van der Waals surface area contributed by atoms with Crippen LogP contribution in [0.4, 0.5) is 5.69 Å². The molecule has 25 heavy (non-hydrogen) atoms. The van der Waals surface area contributed by atoms with E-state index in [1.165, 1.54) is 11.0 Å². The monoisotopic (exact) mass is 338 g/mol. The summed E-state index contributed by atoms with van der Waals surface area (Å²) in [5, 5.41) is 20.6. The number of ketones is 1. The summed E-state index contributed by atoms with van der Waals surface area (Å²) >= 11 is 0. The number of Topliss-reactive ketones (excluding diaryl/α,β-unsaturated/α-hetero) is 1. The van der Waals surface area contributed by atoms with Gasteiger partial charge in [0.2, 0.25) is 0 Å². The number of phenols is 1. The van der Waals surface area contributed by atoms with Crippen molar-refractivity contribution in [3.63, 3.8) is 0 Å². The molecule has 6 heteroatoms. The third-order valence-electron chi connectivity index (χ3n) is 4.16. The highest BCUT2D eigenvalue weighted by Crippen LogP contribution is 2.44. The first-order valence-corrected chi connectivity index (χ1v) is 7.92. The lowest BCUT2D eigenvalue weighted by Crippen LogP contribution is -2.31. The molecule has 1 atom stereocenters. The summed E-state index contributed by atoms with van der Waals surface area (Å²) in [6, 6.07) is 8.86. The quantitative estimate of drug-likeness (QED) is 0.894. The van der Waals surface area contributed by atoms with Crippen LogP contribution < -0.4 is 4.90 Å². The van der Waals surface area contributed by atoms with Crippen LogP contribution in [-0.4, -0.2) is 26.9 Å². The molecule has 1 aromatic heterocycles. The molecular formula is C19H18N2O4. The van der Waals surface area contributed by atoms with Crippen LogP contribution in [0.25, 0.3) is 0 Å². The van der Waals surface area contributed by atoms with E-state index >= 15 is 0 Å². The summed E-state index contributed by atoms with van der Waals surface area (Å²) in [7, 11) is 0. The van der Waals surface area contributed by atoms with Gasteiger partial charge in [-0.2, -0.15) is 0 Å². The summed E-state index contributed by atoms with van der Waals surface area (Å²) in [5.74, 6) is -2.11. The molecule has 1 amide bonds. The maximum Gasteiger partial charge on any atom is 0.294 e. The Hall–Kier alpha value is -3.15. The third kappa shape index (κ3) is 2.76. The van der Waals surface area contributed by atoms with E-state index in [9.17, 15) is 19.8 Å². The predicted molar refractivity (Wildman–Crippen MR) is 92.1 cm³/mol. The fourth-order valence-corrected chi connectivity index (χ4v) is 2.95. The topological polar surface area (TPSA) is 90.7 Å². The number of para-hydroxylation sites is 2. The highest BCUT2D eigenvalue weighted by molar-refractivity contribution is 6.17. The van der Waals surface area contributed by atoms with Crippen molar-refractivity contribution >= 4 is 17.4 Å². The highest BCUT2D eigenvalue weighted by Gasteiger charge is 2.45. The summed E-state index contributed by atoms with van der Waals surface area (Å²) in [4.78, 5) is 30.6. The SMILES string of the molecule is CC(C)C(=O)C1=C(O)C(=O)N(c2ccccc2O)C1c1ccncc1. The van der Waals surface area contributed by atoms with Gasteiger partial charge in [-0.15, -0.1) is 0 Å². The molecule has 0 bridgehead atoms. The van der Waals surface area contributed by atoms with Gasteiger partial charge in [0, 0.05) is 18.3 Å². The van der Waals surface area contributed by atoms with Crippen LogP contribution in [0.3, 0.4) is 0 Å². The van der Waals surface area contributed by atoms with Crippen LogP contribution in [-0.2, 0) is 9.59 Å². The number of nitrogens with zero attached hydrogens (tertiary/aromatic N) is 2. The fraction of sp³-hybridized carbons (Fsp3) is 0.211. The Morgan fingerprint density at radius 2 is 1.76 bits per heavy atom. The number of carbonyl (C=O) groups excluding carboxylic acids is 2. The van der Waals surface area contributed by atoms with Crippen molar-refractivity contribution in [2.75, 3.05) is 4.90 Å². The molecule has 1 aromatic carbocycles. The molecule has 6 nitrogen and oxygen atoms in total. The molecule has 0 aliphatic carbocycles. The first-order chi connectivity index (χ1) is 11.9. The summed E-state index contributed by atoms with van der Waals surface area (Å²) in [6.07, 6.45) is 3.10. The lowest BCUT2D eigenvalue weighted by molar-refractivity contribution is -0.119. The summed E-state index contributed by atoms with van der Waals surface area (Å²) in [6.45, 7) is 3.42. The Kier molecular flexibility index (Phi) is 4.27. The molecule has 0 spiro atoms. The van der Waals surface area contributed by atoms with Crippen molar-refractivity contribution in [3.05, 3.63) is 65.7 Å². The smallest absolute Gasteiger partial charge is 0.294 e. The van der Waals surface area contributed by atoms with Crippen molar-refractivity contribution in [1.82, 2.24) is 4.98 Å². The number of rotatable bonds is 4. The van der Waals surface area contributed by atoms with E-state index in [1.807, 2.05) is 0 Å². The zero-order valence-electron chi connectivity index (χ0n) is 13.9. The summed E-state index contributed by atoms with van der Waals surface area (Å²) < 4.78 is 0. The van der Waals surface area contributed by atoms with Crippen molar-refractivity contribution in [2.45, 2.75) is 19.9 Å². The number of hydrogen-bond donors (Lipinski definition) is 2. The van der Waals surface area contributed by atoms with Gasteiger partial charge in [-0.25, -0.2) is 0 Å². The maximum absolute atomic E-state index is 12.7. The minimum Gasteiger partial charge on any atom is -0.506 e. The number of amides is 1. The van der Waals surface area contributed by atoms with Crippen molar-refractivity contribution in [3.8, 4) is 5.75 Å². The van der Waals surface area contributed by atoms with Gasteiger partial charge in [-0.05, 0) is 29.8 Å². The van der Waals surface area contributed by atoms with E-state index in [2.05, 4.69) is 4.98 Å². The molecule has 2 aromatic rings. The zero-order chi connectivity index (χ0) is 18.1. The highest BCUT2D eigenvalue weighted by atomic mass is 16.3. The number of carbonyl (C=O) groups is 2. The molecule has 0 radical (unpaired) electrons. The van der Waals surface area contributed by atoms with Crippen molar-refractivity contribution in [1.29, 1.82) is 0 Å². The van der Waals surface area contributed by atoms with Gasteiger partial charge in [0.15, 0.2) is 11.5 Å². The number of aromatic hydroxyl groups is 1. The van der Waals surface area contributed by atoms with E-state index < -0.39 is 23.6 Å². The van der Waals surface area contributed by atoms with Crippen LogP contribution in [0, 0.1) is 5.92 Å². The Morgan fingerprint density at radius 3 is 2.36 bits per heavy atom.